The molecule has 0 radical (unpaired) electrons. The van der Waals surface area contributed by atoms with E-state index in [-0.39, 0.29) is 6.04 Å². The van der Waals surface area contributed by atoms with Gasteiger partial charge >= 0.3 is 0 Å². The van der Waals surface area contributed by atoms with E-state index in [0.29, 0.717) is 17.8 Å². The lowest BCUT2D eigenvalue weighted by Gasteiger charge is -2.33. The number of amidine groups is 2. The molecule has 300 valence electrons. The Bertz CT molecular complexity index is 3210. The number of fused-ring (bicyclic) bond motifs is 9. The predicted molar refractivity (Wildman–Crippen MR) is 258 cm³/mol. The first kappa shape index (κ1) is 35.7. The zero-order valence-electron chi connectivity index (χ0n) is 34.7. The highest BCUT2D eigenvalue weighted by molar-refractivity contribution is 6.16. The Kier molecular flexibility index (Phi) is 8.25. The van der Waals surface area contributed by atoms with Crippen LogP contribution in [0, 0.1) is 11.8 Å². The summed E-state index contributed by atoms with van der Waals surface area (Å²) >= 11 is 0. The largest absolute Gasteiger partial charge is 0.337 e. The van der Waals surface area contributed by atoms with Gasteiger partial charge in [0.15, 0.2) is 6.17 Å². The van der Waals surface area contributed by atoms with Crippen LogP contribution < -0.4 is 10.2 Å². The molecular weight excluding hydrogens is 755 g/mol. The van der Waals surface area contributed by atoms with Gasteiger partial charge in [-0.25, -0.2) is 9.98 Å². The molecular formula is C57H47N5. The van der Waals surface area contributed by atoms with E-state index in [4.69, 9.17) is 9.98 Å². The number of aliphatic imine (C=N–C) groups is 2. The maximum Gasteiger partial charge on any atom is 0.171 e. The molecule has 5 nitrogen and oxygen atoms in total. The summed E-state index contributed by atoms with van der Waals surface area (Å²) in [6.07, 6.45) is 35.5. The highest BCUT2D eigenvalue weighted by atomic mass is 15.2. The van der Waals surface area contributed by atoms with E-state index in [1.807, 2.05) is 0 Å². The molecule has 5 aliphatic carbocycles. The number of anilines is 1. The molecule has 6 aromatic rings. The second-order valence-electron chi connectivity index (χ2n) is 17.8. The van der Waals surface area contributed by atoms with Crippen molar-refractivity contribution in [3.8, 4) is 5.69 Å². The Morgan fingerprint density at radius 1 is 0.629 bits per heavy atom. The number of rotatable bonds is 5. The van der Waals surface area contributed by atoms with Gasteiger partial charge in [-0.2, -0.15) is 0 Å². The van der Waals surface area contributed by atoms with Crippen molar-refractivity contribution in [2.24, 2.45) is 21.8 Å². The Balaban J connectivity index is 1.04. The van der Waals surface area contributed by atoms with E-state index in [9.17, 15) is 0 Å². The zero-order chi connectivity index (χ0) is 40.7. The molecule has 0 fully saturated rings. The Morgan fingerprint density at radius 2 is 1.42 bits per heavy atom. The first-order chi connectivity index (χ1) is 30.7. The molecule has 5 atom stereocenters. The SMILES string of the molecule is C1=CCCC(C2=NC(c3ccc4ccccc4c3-n3c4c(c5cc6ccccc6cc53)C=C(N3c5ccccc5C5C=CC=CC53)CC4)N=C(C3=CC4C=CC=CC4CC3)N2)=C1. The number of nitrogens with one attached hydrogen (secondary N) is 1. The molecule has 13 rings (SSSR count). The minimum absolute atomic E-state index is 0.272. The molecule has 62 heavy (non-hydrogen) atoms. The van der Waals surface area contributed by atoms with Crippen molar-refractivity contribution >= 4 is 55.9 Å². The lowest BCUT2D eigenvalue weighted by Crippen LogP contribution is -2.38. The predicted octanol–water partition coefficient (Wildman–Crippen LogP) is 13.1. The van der Waals surface area contributed by atoms with E-state index in [1.165, 1.54) is 77.5 Å². The molecule has 1 aromatic heterocycles. The van der Waals surface area contributed by atoms with Crippen LogP contribution in [0.15, 0.2) is 197 Å². The van der Waals surface area contributed by atoms with Gasteiger partial charge in [-0.1, -0.05) is 152 Å². The lowest BCUT2D eigenvalue weighted by molar-refractivity contribution is 0.485. The van der Waals surface area contributed by atoms with Crippen molar-refractivity contribution < 1.29 is 0 Å². The molecule has 1 N–H and O–H groups in total. The standard InChI is InChI=1S/C57H47N5/c1-2-16-38(17-3-1)55-58-56(42-27-26-36-14-4-5-18-39(36)32-42)60-57(59-55)47-30-28-37-15-8-9-21-44(37)54(47)62-52-31-29-43(35-49(52)48-33-40-19-6-7-20-41(40)34-53(48)62)61-50-24-12-10-22-45(50)46-23-11-13-25-51(46)61/h1-2,4-16,18-25,28,30,32-36,39,45,50,57H,3,17,26-27,29,31H2,(H,58,59,60). The molecule has 5 unspecified atom stereocenters. The second kappa shape index (κ2) is 14.3. The average molecular weight is 802 g/mol. The van der Waals surface area contributed by atoms with E-state index in [2.05, 4.69) is 191 Å². The van der Waals surface area contributed by atoms with Crippen LogP contribution in [0.25, 0.3) is 44.2 Å². The Morgan fingerprint density at radius 3 is 2.32 bits per heavy atom. The van der Waals surface area contributed by atoms with Crippen LogP contribution in [0.4, 0.5) is 5.69 Å². The summed E-state index contributed by atoms with van der Waals surface area (Å²) < 4.78 is 2.62. The Hall–Kier alpha value is -6.98. The zero-order valence-corrected chi connectivity index (χ0v) is 34.7. The summed E-state index contributed by atoms with van der Waals surface area (Å²) in [4.78, 5) is 13.8. The summed E-state index contributed by atoms with van der Waals surface area (Å²) in [5.41, 5.74) is 12.9. The maximum absolute atomic E-state index is 5.62. The number of benzene rings is 5. The molecule has 0 amide bonds. The highest BCUT2D eigenvalue weighted by Gasteiger charge is 2.39. The molecule has 3 heterocycles. The summed E-state index contributed by atoms with van der Waals surface area (Å²) in [6, 6.07) is 36.5. The van der Waals surface area contributed by atoms with Gasteiger partial charge in [0, 0.05) is 50.8 Å². The summed E-state index contributed by atoms with van der Waals surface area (Å²) in [7, 11) is 0. The summed E-state index contributed by atoms with van der Waals surface area (Å²) in [5, 5.41) is 10.0. The van der Waals surface area contributed by atoms with Crippen molar-refractivity contribution in [3.05, 3.63) is 209 Å². The number of hydrogen-bond donors (Lipinski definition) is 1. The molecule has 5 aromatic carbocycles. The molecule has 0 spiro atoms. The fraction of sp³-hybridized carbons (Fsp3) is 0.193. The fourth-order valence-electron chi connectivity index (χ4n) is 11.4. The van der Waals surface area contributed by atoms with Crippen LogP contribution in [0.5, 0.6) is 0 Å². The fourth-order valence-corrected chi connectivity index (χ4v) is 11.4. The molecule has 5 heteroatoms. The van der Waals surface area contributed by atoms with Crippen molar-refractivity contribution in [2.45, 2.75) is 56.7 Å². The first-order valence-electron chi connectivity index (χ1n) is 22.6. The van der Waals surface area contributed by atoms with Crippen molar-refractivity contribution in [1.29, 1.82) is 0 Å². The van der Waals surface area contributed by atoms with Gasteiger partial charge in [-0.3, -0.25) is 0 Å². The van der Waals surface area contributed by atoms with Gasteiger partial charge < -0.3 is 14.8 Å². The molecule has 0 saturated heterocycles. The van der Waals surface area contributed by atoms with E-state index < -0.39 is 6.17 Å². The summed E-state index contributed by atoms with van der Waals surface area (Å²) in [5.74, 6) is 3.19. The average Bonchev–Trinajstić information content (AvgIpc) is 3.84. The van der Waals surface area contributed by atoms with Crippen LogP contribution in [0.1, 0.15) is 66.6 Å². The van der Waals surface area contributed by atoms with Crippen LogP contribution >= 0.6 is 0 Å². The quantitative estimate of drug-likeness (QED) is 0.189. The van der Waals surface area contributed by atoms with Crippen molar-refractivity contribution in [3.63, 3.8) is 0 Å². The van der Waals surface area contributed by atoms with E-state index in [1.54, 1.807) is 0 Å². The van der Waals surface area contributed by atoms with Crippen LogP contribution in [0.3, 0.4) is 0 Å². The second-order valence-corrected chi connectivity index (χ2v) is 17.8. The van der Waals surface area contributed by atoms with Gasteiger partial charge in [0.25, 0.3) is 0 Å². The highest BCUT2D eigenvalue weighted by Crippen LogP contribution is 2.49. The third-order valence-electron chi connectivity index (χ3n) is 14.4. The monoisotopic (exact) mass is 801 g/mol. The number of aromatic nitrogens is 1. The van der Waals surface area contributed by atoms with Crippen LogP contribution in [-0.4, -0.2) is 22.3 Å². The molecule has 7 aliphatic rings. The number of allylic oxidation sites excluding steroid dienone is 11. The van der Waals surface area contributed by atoms with Crippen LogP contribution in [-0.2, 0) is 6.42 Å². The van der Waals surface area contributed by atoms with Gasteiger partial charge in [0.05, 0.1) is 17.2 Å². The first-order valence-corrected chi connectivity index (χ1v) is 22.6. The van der Waals surface area contributed by atoms with Gasteiger partial charge in [0.1, 0.15) is 11.7 Å². The van der Waals surface area contributed by atoms with E-state index >= 15 is 0 Å². The van der Waals surface area contributed by atoms with Gasteiger partial charge in [0.2, 0.25) is 0 Å². The van der Waals surface area contributed by atoms with Gasteiger partial charge in [-0.05, 0) is 102 Å². The van der Waals surface area contributed by atoms with E-state index in [0.717, 1.165) is 55.8 Å². The third-order valence-corrected chi connectivity index (χ3v) is 14.4. The third kappa shape index (κ3) is 5.67. The van der Waals surface area contributed by atoms with Gasteiger partial charge in [-0.15, -0.1) is 0 Å². The maximum atomic E-state index is 5.62. The minimum Gasteiger partial charge on any atom is -0.337 e. The Labute approximate surface area is 362 Å². The number of para-hydroxylation sites is 1. The molecule has 0 saturated carbocycles. The van der Waals surface area contributed by atoms with Crippen molar-refractivity contribution in [1.82, 2.24) is 9.88 Å². The van der Waals surface area contributed by atoms with Crippen molar-refractivity contribution in [2.75, 3.05) is 4.90 Å². The van der Waals surface area contributed by atoms with Crippen LogP contribution in [0.2, 0.25) is 0 Å². The lowest BCUT2D eigenvalue weighted by atomic mass is 9.78. The topological polar surface area (TPSA) is 44.9 Å². The summed E-state index contributed by atoms with van der Waals surface area (Å²) in [6.45, 7) is 0. The normalized spacial score (nSPS) is 24.5. The number of nitrogens with zero attached hydrogens (tertiary/aromatic N) is 4. The minimum atomic E-state index is -0.430. The smallest absolute Gasteiger partial charge is 0.171 e. The molecule has 2 aliphatic heterocycles. The number of hydrogen-bond acceptors (Lipinski definition) is 4. The molecule has 0 bridgehead atoms.